The standard InChI is InChI=1S/C32H33ClFN3O6/c1-18(30(39)40)19(2)42-27-8-6-5-7-23(27)20-9-10-24(25(34)15-20)29(38)36-13-11-22(12-14-36)37-26-16-21(33)17-35-28(26)43-32(3,4)31(37)41/h5-10,15-19,22H,11-14H2,1-4H3,(H,39,40)/t18-,19+/m0/s1. The number of fused-ring (bicyclic) bond motifs is 1. The lowest BCUT2D eigenvalue weighted by Crippen LogP contribution is -2.58. The third kappa shape index (κ3) is 6.01. The van der Waals surface area contributed by atoms with Crippen molar-refractivity contribution >= 4 is 35.1 Å². The molecule has 2 aliphatic rings. The second-order valence-electron chi connectivity index (χ2n) is 11.4. The number of likely N-dealkylation sites (tertiary alicyclic amines) is 1. The van der Waals surface area contributed by atoms with E-state index >= 15 is 4.39 Å². The summed E-state index contributed by atoms with van der Waals surface area (Å²) in [5.41, 5.74) is 0.413. The van der Waals surface area contributed by atoms with E-state index in [2.05, 4.69) is 4.98 Å². The molecular weight excluding hydrogens is 577 g/mol. The molecule has 11 heteroatoms. The van der Waals surface area contributed by atoms with Gasteiger partial charge in [-0.05, 0) is 70.4 Å². The van der Waals surface area contributed by atoms with Gasteiger partial charge in [0, 0.05) is 30.9 Å². The van der Waals surface area contributed by atoms with Crippen LogP contribution in [0.2, 0.25) is 5.02 Å². The number of hydrogen-bond donors (Lipinski definition) is 1. The molecule has 1 aromatic heterocycles. The second-order valence-corrected chi connectivity index (χ2v) is 11.9. The summed E-state index contributed by atoms with van der Waals surface area (Å²) in [6.45, 7) is 7.26. The molecule has 2 amide bonds. The molecule has 5 rings (SSSR count). The molecule has 43 heavy (non-hydrogen) atoms. The van der Waals surface area contributed by atoms with Crippen LogP contribution in [0.1, 0.15) is 50.9 Å². The molecule has 3 heterocycles. The molecule has 1 fully saturated rings. The Labute approximate surface area is 254 Å². The van der Waals surface area contributed by atoms with E-state index in [1.165, 1.54) is 18.3 Å². The topological polar surface area (TPSA) is 109 Å². The van der Waals surface area contributed by atoms with E-state index in [1.807, 2.05) is 0 Å². The first-order chi connectivity index (χ1) is 20.4. The average molecular weight is 610 g/mol. The van der Waals surface area contributed by atoms with E-state index in [0.717, 1.165) is 0 Å². The molecule has 1 N–H and O–H groups in total. The van der Waals surface area contributed by atoms with E-state index in [1.54, 1.807) is 73.9 Å². The summed E-state index contributed by atoms with van der Waals surface area (Å²) in [5.74, 6) is -2.30. The van der Waals surface area contributed by atoms with Gasteiger partial charge in [-0.15, -0.1) is 0 Å². The summed E-state index contributed by atoms with van der Waals surface area (Å²) in [5, 5.41) is 9.69. The summed E-state index contributed by atoms with van der Waals surface area (Å²) in [7, 11) is 0. The van der Waals surface area contributed by atoms with E-state index in [0.29, 0.717) is 59.4 Å². The first-order valence-electron chi connectivity index (χ1n) is 14.1. The number of carbonyl (C=O) groups is 3. The molecule has 0 radical (unpaired) electrons. The number of para-hydroxylation sites is 1. The number of pyridine rings is 1. The van der Waals surface area contributed by atoms with Crippen LogP contribution in [0.5, 0.6) is 11.6 Å². The van der Waals surface area contributed by atoms with Gasteiger partial charge >= 0.3 is 5.97 Å². The lowest BCUT2D eigenvalue weighted by molar-refractivity contribution is -0.143. The predicted octanol–water partition coefficient (Wildman–Crippen LogP) is 5.84. The number of carbonyl (C=O) groups excluding carboxylic acids is 2. The Balaban J connectivity index is 1.30. The number of carboxylic acids is 1. The minimum absolute atomic E-state index is 0.0571. The van der Waals surface area contributed by atoms with Crippen LogP contribution in [0.3, 0.4) is 0 Å². The van der Waals surface area contributed by atoms with Crippen LogP contribution in [0.25, 0.3) is 11.1 Å². The Bertz CT molecular complexity index is 1570. The number of halogens is 2. The van der Waals surface area contributed by atoms with Gasteiger partial charge < -0.3 is 24.4 Å². The maximum atomic E-state index is 15.4. The number of anilines is 1. The molecule has 0 aliphatic carbocycles. The largest absolute Gasteiger partial charge is 0.489 e. The number of nitrogens with zero attached hydrogens (tertiary/aromatic N) is 3. The maximum Gasteiger partial charge on any atom is 0.309 e. The van der Waals surface area contributed by atoms with Crippen molar-refractivity contribution in [3.63, 3.8) is 0 Å². The molecule has 0 spiro atoms. The van der Waals surface area contributed by atoms with E-state index in [4.69, 9.17) is 21.1 Å². The third-order valence-corrected chi connectivity index (χ3v) is 8.27. The summed E-state index contributed by atoms with van der Waals surface area (Å²) >= 11 is 6.18. The molecule has 9 nitrogen and oxygen atoms in total. The number of aliphatic carboxylic acids is 1. The van der Waals surface area contributed by atoms with Crippen LogP contribution in [0, 0.1) is 11.7 Å². The van der Waals surface area contributed by atoms with Crippen molar-refractivity contribution in [1.82, 2.24) is 9.88 Å². The molecule has 0 bridgehead atoms. The summed E-state index contributed by atoms with van der Waals surface area (Å²) in [4.78, 5) is 45.6. The van der Waals surface area contributed by atoms with Crippen molar-refractivity contribution < 1.29 is 33.4 Å². The second kappa shape index (κ2) is 11.8. The van der Waals surface area contributed by atoms with Crippen LogP contribution in [0.4, 0.5) is 10.1 Å². The van der Waals surface area contributed by atoms with Crippen molar-refractivity contribution in [3.8, 4) is 22.8 Å². The molecule has 3 aromatic rings. The number of benzene rings is 2. The van der Waals surface area contributed by atoms with Crippen molar-refractivity contribution in [2.45, 2.75) is 58.3 Å². The fraction of sp³-hybridized carbons (Fsp3) is 0.375. The number of amides is 2. The van der Waals surface area contributed by atoms with E-state index in [9.17, 15) is 19.5 Å². The molecular formula is C32H33ClFN3O6. The number of piperidine rings is 1. The highest BCUT2D eigenvalue weighted by Crippen LogP contribution is 2.40. The predicted molar refractivity (Wildman–Crippen MR) is 159 cm³/mol. The van der Waals surface area contributed by atoms with Gasteiger partial charge in [-0.1, -0.05) is 35.9 Å². The van der Waals surface area contributed by atoms with Crippen LogP contribution >= 0.6 is 11.6 Å². The van der Waals surface area contributed by atoms with Gasteiger partial charge in [0.1, 0.15) is 23.4 Å². The molecule has 226 valence electrons. The van der Waals surface area contributed by atoms with E-state index in [-0.39, 0.29) is 17.5 Å². The highest BCUT2D eigenvalue weighted by Gasteiger charge is 2.45. The Kier molecular flexibility index (Phi) is 8.34. The molecule has 1 saturated heterocycles. The number of ether oxygens (including phenoxy) is 2. The van der Waals surface area contributed by atoms with Gasteiger partial charge in [0.2, 0.25) is 5.88 Å². The maximum absolute atomic E-state index is 15.4. The Morgan fingerprint density at radius 2 is 1.84 bits per heavy atom. The lowest BCUT2D eigenvalue weighted by atomic mass is 9.96. The van der Waals surface area contributed by atoms with Gasteiger partial charge in [0.05, 0.1) is 16.5 Å². The summed E-state index contributed by atoms with van der Waals surface area (Å²) in [6, 6.07) is 12.8. The third-order valence-electron chi connectivity index (χ3n) is 8.06. The van der Waals surface area contributed by atoms with Crippen molar-refractivity contribution in [3.05, 3.63) is 71.1 Å². The van der Waals surface area contributed by atoms with Crippen LogP contribution in [-0.2, 0) is 9.59 Å². The zero-order valence-electron chi connectivity index (χ0n) is 24.3. The van der Waals surface area contributed by atoms with Gasteiger partial charge in [-0.25, -0.2) is 9.37 Å². The minimum Gasteiger partial charge on any atom is -0.489 e. The Hall–Kier alpha value is -4.18. The molecule has 2 aromatic carbocycles. The average Bonchev–Trinajstić information content (AvgIpc) is 2.97. The zero-order valence-corrected chi connectivity index (χ0v) is 25.1. The number of rotatable bonds is 7. The van der Waals surface area contributed by atoms with Crippen LogP contribution in [-0.4, -0.2) is 63.6 Å². The fourth-order valence-electron chi connectivity index (χ4n) is 5.38. The highest BCUT2D eigenvalue weighted by atomic mass is 35.5. The fourth-order valence-corrected chi connectivity index (χ4v) is 5.53. The molecule has 0 saturated carbocycles. The summed E-state index contributed by atoms with van der Waals surface area (Å²) < 4.78 is 27.2. The smallest absolute Gasteiger partial charge is 0.309 e. The van der Waals surface area contributed by atoms with Crippen molar-refractivity contribution in [2.24, 2.45) is 5.92 Å². The number of hydrogen-bond acceptors (Lipinski definition) is 6. The van der Waals surface area contributed by atoms with Crippen LogP contribution in [0.15, 0.2) is 54.7 Å². The number of carboxylic acid groups (broad SMARTS) is 1. The van der Waals surface area contributed by atoms with Crippen molar-refractivity contribution in [2.75, 3.05) is 18.0 Å². The number of aromatic nitrogens is 1. The van der Waals surface area contributed by atoms with Gasteiger partial charge in [-0.3, -0.25) is 14.4 Å². The lowest BCUT2D eigenvalue weighted by Gasteiger charge is -2.44. The van der Waals surface area contributed by atoms with Gasteiger partial charge in [-0.2, -0.15) is 0 Å². The molecule has 0 unspecified atom stereocenters. The normalized spacial score (nSPS) is 18.0. The van der Waals surface area contributed by atoms with E-state index < -0.39 is 35.3 Å². The molecule has 2 aliphatic heterocycles. The SMILES string of the molecule is C[C@H](C(=O)O)[C@@H](C)Oc1ccccc1-c1ccc(C(=O)N2CCC(N3C(=O)C(C)(C)Oc4ncc(Cl)cc43)CC2)c(F)c1. The first-order valence-corrected chi connectivity index (χ1v) is 14.5. The Morgan fingerprint density at radius 1 is 1.14 bits per heavy atom. The zero-order chi connectivity index (χ0) is 31.1. The van der Waals surface area contributed by atoms with Crippen molar-refractivity contribution in [1.29, 1.82) is 0 Å². The quantitative estimate of drug-likeness (QED) is 0.358. The molecule has 2 atom stereocenters. The highest BCUT2D eigenvalue weighted by molar-refractivity contribution is 6.31. The van der Waals surface area contributed by atoms with Gasteiger partial charge in [0.15, 0.2) is 5.60 Å². The minimum atomic E-state index is -1.11. The Morgan fingerprint density at radius 3 is 2.51 bits per heavy atom. The van der Waals surface area contributed by atoms with Crippen LogP contribution < -0.4 is 14.4 Å². The first kappa shape index (κ1) is 30.3. The summed E-state index contributed by atoms with van der Waals surface area (Å²) in [6.07, 6.45) is 1.82. The monoisotopic (exact) mass is 609 g/mol. The van der Waals surface area contributed by atoms with Gasteiger partial charge in [0.25, 0.3) is 11.8 Å².